The van der Waals surface area contributed by atoms with Crippen LogP contribution in [-0.4, -0.2) is 29.1 Å². The molecule has 34 heavy (non-hydrogen) atoms. The highest BCUT2D eigenvalue weighted by atomic mass is 35.5. The summed E-state index contributed by atoms with van der Waals surface area (Å²) in [6, 6.07) is 20.6. The minimum Gasteiger partial charge on any atom is -0.337 e. The predicted octanol–water partition coefficient (Wildman–Crippen LogP) is 7.80. The van der Waals surface area contributed by atoms with Crippen molar-refractivity contribution in [3.63, 3.8) is 0 Å². The van der Waals surface area contributed by atoms with Gasteiger partial charge in [0.2, 0.25) is 0 Å². The van der Waals surface area contributed by atoms with Gasteiger partial charge in [0.05, 0.1) is 16.4 Å². The number of rotatable bonds is 2. The molecule has 7 heteroatoms. The van der Waals surface area contributed by atoms with E-state index >= 15 is 0 Å². The Morgan fingerprint density at radius 1 is 0.971 bits per heavy atom. The minimum atomic E-state index is 0.0733. The number of benzene rings is 3. The Hall–Kier alpha value is -2.41. The van der Waals surface area contributed by atoms with E-state index in [1.54, 1.807) is 11.8 Å². The third-order valence-corrected chi connectivity index (χ3v) is 9.37. The van der Waals surface area contributed by atoms with Crippen molar-refractivity contribution in [2.24, 2.45) is 4.99 Å². The van der Waals surface area contributed by atoms with E-state index in [4.69, 9.17) is 16.6 Å². The molecule has 2 heterocycles. The number of amidine groups is 1. The second-order valence-corrected chi connectivity index (χ2v) is 11.3. The molecule has 0 unspecified atom stereocenters. The third kappa shape index (κ3) is 3.82. The number of thioether (sulfide) groups is 2. The van der Waals surface area contributed by atoms with Crippen molar-refractivity contribution >= 4 is 68.3 Å². The monoisotopic (exact) mass is 505 g/mol. The van der Waals surface area contributed by atoms with Crippen molar-refractivity contribution in [3.05, 3.63) is 75.6 Å². The van der Waals surface area contributed by atoms with Crippen molar-refractivity contribution in [2.45, 2.75) is 43.0 Å². The normalized spacial score (nSPS) is 22.3. The summed E-state index contributed by atoms with van der Waals surface area (Å²) in [5.74, 6) is 0.0733. The molecule has 6 rings (SSSR count). The molecule has 0 radical (unpaired) electrons. The van der Waals surface area contributed by atoms with E-state index in [0.29, 0.717) is 5.02 Å². The summed E-state index contributed by atoms with van der Waals surface area (Å²) >= 11 is 9.41. The Balaban J connectivity index is 1.45. The van der Waals surface area contributed by atoms with Crippen LogP contribution in [0.15, 0.2) is 80.5 Å². The Kier molecular flexibility index (Phi) is 5.84. The highest BCUT2D eigenvalue weighted by Crippen LogP contribution is 2.51. The van der Waals surface area contributed by atoms with Gasteiger partial charge in [-0.05, 0) is 54.3 Å². The predicted molar refractivity (Wildman–Crippen MR) is 145 cm³/mol. The smallest absolute Gasteiger partial charge is 0.269 e. The quantitative estimate of drug-likeness (QED) is 0.333. The van der Waals surface area contributed by atoms with E-state index in [0.717, 1.165) is 67.8 Å². The molecule has 172 valence electrons. The second kappa shape index (κ2) is 8.99. The van der Waals surface area contributed by atoms with E-state index in [1.807, 2.05) is 54.4 Å². The number of anilines is 1. The number of hydrogen-bond acceptors (Lipinski definition) is 5. The molecule has 1 amide bonds. The van der Waals surface area contributed by atoms with Gasteiger partial charge in [0.15, 0.2) is 5.17 Å². The van der Waals surface area contributed by atoms with Crippen LogP contribution in [0.25, 0.3) is 10.8 Å². The molecule has 2 aliphatic heterocycles. The molecule has 3 aromatic rings. The van der Waals surface area contributed by atoms with Gasteiger partial charge in [-0.25, -0.2) is 4.99 Å². The highest BCUT2D eigenvalue weighted by Gasteiger charge is 2.42. The van der Waals surface area contributed by atoms with Crippen LogP contribution in [0.3, 0.4) is 0 Å². The van der Waals surface area contributed by atoms with Gasteiger partial charge in [-0.3, -0.25) is 9.69 Å². The number of hydrogen-bond donors (Lipinski definition) is 0. The number of nitrogens with zero attached hydrogens (tertiary/aromatic N) is 3. The molecule has 3 aliphatic rings. The molecule has 4 nitrogen and oxygen atoms in total. The zero-order valence-corrected chi connectivity index (χ0v) is 21.2. The summed E-state index contributed by atoms with van der Waals surface area (Å²) in [4.78, 5) is 25.0. The maximum atomic E-state index is 13.9. The molecule has 2 fully saturated rings. The maximum Gasteiger partial charge on any atom is 0.269 e. The molecule has 3 aromatic carbocycles. The Labute approximate surface area is 213 Å². The Morgan fingerprint density at radius 3 is 2.62 bits per heavy atom. The third-order valence-electron chi connectivity index (χ3n) is 6.72. The molecule has 1 saturated carbocycles. The molecular formula is C27H24ClN3OS2. The van der Waals surface area contributed by atoms with Crippen molar-refractivity contribution < 1.29 is 4.79 Å². The Bertz CT molecular complexity index is 1360. The molecule has 0 bridgehead atoms. The summed E-state index contributed by atoms with van der Waals surface area (Å²) in [5.41, 5.74) is 1.94. The number of fused-ring (bicyclic) bond motifs is 2. The summed E-state index contributed by atoms with van der Waals surface area (Å²) in [5, 5.41) is 4.70. The minimum absolute atomic E-state index is 0.0733. The van der Waals surface area contributed by atoms with Gasteiger partial charge >= 0.3 is 0 Å². The molecule has 0 atom stereocenters. The highest BCUT2D eigenvalue weighted by molar-refractivity contribution is 8.19. The van der Waals surface area contributed by atoms with Crippen LogP contribution in [0.5, 0.6) is 0 Å². The zero-order chi connectivity index (χ0) is 23.2. The lowest BCUT2D eigenvalue weighted by molar-refractivity contribution is -0.124. The number of carbonyl (C=O) groups excluding carboxylic acids is 1. The summed E-state index contributed by atoms with van der Waals surface area (Å²) in [7, 11) is 2.01. The van der Waals surface area contributed by atoms with Crippen molar-refractivity contribution in [1.82, 2.24) is 4.90 Å². The topological polar surface area (TPSA) is 35.9 Å². The molecule has 0 spiro atoms. The summed E-state index contributed by atoms with van der Waals surface area (Å²) in [6.45, 7) is 0. The van der Waals surface area contributed by atoms with Gasteiger partial charge in [-0.15, -0.1) is 0 Å². The van der Waals surface area contributed by atoms with Crippen molar-refractivity contribution in [1.29, 1.82) is 0 Å². The average Bonchev–Trinajstić information content (AvgIpc) is 3.35. The number of amides is 1. The fraction of sp³-hybridized carbons (Fsp3) is 0.259. The van der Waals surface area contributed by atoms with E-state index in [9.17, 15) is 4.79 Å². The first-order valence-corrected chi connectivity index (χ1v) is 13.6. The summed E-state index contributed by atoms with van der Waals surface area (Å²) < 4.78 is 0. The molecule has 1 saturated heterocycles. The van der Waals surface area contributed by atoms with E-state index in [1.165, 1.54) is 18.2 Å². The summed E-state index contributed by atoms with van der Waals surface area (Å²) in [6.07, 6.45) is 5.62. The van der Waals surface area contributed by atoms with Gasteiger partial charge in [0.1, 0.15) is 4.91 Å². The lowest BCUT2D eigenvalue weighted by Crippen LogP contribution is -2.40. The molecule has 1 aliphatic carbocycles. The van der Waals surface area contributed by atoms with Crippen LogP contribution in [0.4, 0.5) is 11.4 Å². The molecular weight excluding hydrogens is 482 g/mol. The van der Waals surface area contributed by atoms with E-state index in [-0.39, 0.29) is 11.9 Å². The van der Waals surface area contributed by atoms with E-state index in [2.05, 4.69) is 23.1 Å². The van der Waals surface area contributed by atoms with Crippen LogP contribution in [0.2, 0.25) is 5.02 Å². The number of carbonyl (C=O) groups is 1. The van der Waals surface area contributed by atoms with Crippen LogP contribution in [-0.2, 0) is 4.79 Å². The van der Waals surface area contributed by atoms with Crippen LogP contribution in [0.1, 0.15) is 32.1 Å². The van der Waals surface area contributed by atoms with Gasteiger partial charge in [0.25, 0.3) is 5.91 Å². The van der Waals surface area contributed by atoms with Crippen molar-refractivity contribution in [2.75, 3.05) is 11.9 Å². The Morgan fingerprint density at radius 2 is 1.76 bits per heavy atom. The van der Waals surface area contributed by atoms with Crippen LogP contribution >= 0.6 is 35.1 Å². The zero-order valence-electron chi connectivity index (χ0n) is 18.8. The maximum absolute atomic E-state index is 13.9. The van der Waals surface area contributed by atoms with E-state index < -0.39 is 0 Å². The number of halogens is 1. The second-order valence-electron chi connectivity index (χ2n) is 8.87. The SMILES string of the molecule is CN1/C(=C2/SC(=Nc3cccc4ccccc34)N(C3CCCCC3)C2=O)Sc2ccc(Cl)cc21. The van der Waals surface area contributed by atoms with Gasteiger partial charge in [0, 0.05) is 28.4 Å². The lowest BCUT2D eigenvalue weighted by atomic mass is 9.94. The van der Waals surface area contributed by atoms with Gasteiger partial charge < -0.3 is 4.90 Å². The largest absolute Gasteiger partial charge is 0.337 e. The fourth-order valence-electron chi connectivity index (χ4n) is 4.98. The standard InChI is InChI=1S/C27H24ClN3OS2/c1-30-22-16-18(28)14-15-23(22)33-26(30)24-25(32)31(19-10-3-2-4-11-19)27(34-24)29-21-13-7-9-17-8-5-6-12-20(17)21/h5-9,12-16,19H,2-4,10-11H2,1H3/b26-24-,29-27?. The van der Waals surface area contributed by atoms with Crippen molar-refractivity contribution in [3.8, 4) is 0 Å². The first kappa shape index (κ1) is 22.1. The first-order valence-electron chi connectivity index (χ1n) is 11.6. The molecule has 0 N–H and O–H groups in total. The lowest BCUT2D eigenvalue weighted by Gasteiger charge is -2.30. The molecule has 0 aromatic heterocycles. The average molecular weight is 506 g/mol. The first-order chi connectivity index (χ1) is 16.6. The van der Waals surface area contributed by atoms with Gasteiger partial charge in [-0.2, -0.15) is 0 Å². The van der Waals surface area contributed by atoms with Gasteiger partial charge in [-0.1, -0.05) is 79.0 Å². The van der Waals surface area contributed by atoms with Crippen LogP contribution in [0, 0.1) is 0 Å². The number of aliphatic imine (C=N–C) groups is 1. The fourth-order valence-corrected chi connectivity index (χ4v) is 7.53. The van der Waals surface area contributed by atoms with Crippen LogP contribution < -0.4 is 4.90 Å².